The van der Waals surface area contributed by atoms with E-state index in [4.69, 9.17) is 15.7 Å². The molecule has 6 heteroatoms. The molecule has 0 aliphatic rings. The van der Waals surface area contributed by atoms with Crippen molar-refractivity contribution in [2.45, 2.75) is 0 Å². The summed E-state index contributed by atoms with van der Waals surface area (Å²) < 4.78 is 19.3. The number of hydrogen-bond acceptors (Lipinski definition) is 5. The standard InChI is InChI=1S/C15H9FN4O/c16-12-5-9(7-17)1-4-14(12)21-15-11-3-2-10(18)6-13(11)19-8-20-15/h1-6,8H,18H2. The van der Waals surface area contributed by atoms with E-state index in [0.717, 1.165) is 6.07 Å². The van der Waals surface area contributed by atoms with Crippen LogP contribution in [0, 0.1) is 17.1 Å². The zero-order valence-corrected chi connectivity index (χ0v) is 10.7. The number of fused-ring (bicyclic) bond motifs is 1. The van der Waals surface area contributed by atoms with Gasteiger partial charge in [-0.1, -0.05) is 0 Å². The van der Waals surface area contributed by atoms with Crippen LogP contribution in [0.15, 0.2) is 42.7 Å². The average Bonchev–Trinajstić information content (AvgIpc) is 2.49. The van der Waals surface area contributed by atoms with E-state index in [0.29, 0.717) is 16.6 Å². The van der Waals surface area contributed by atoms with Crippen molar-refractivity contribution in [3.8, 4) is 17.7 Å². The fraction of sp³-hybridized carbons (Fsp3) is 0. The highest BCUT2D eigenvalue weighted by Gasteiger charge is 2.10. The smallest absolute Gasteiger partial charge is 0.230 e. The predicted molar refractivity (Wildman–Crippen MR) is 75.1 cm³/mol. The van der Waals surface area contributed by atoms with Crippen molar-refractivity contribution in [1.29, 1.82) is 5.26 Å². The summed E-state index contributed by atoms with van der Waals surface area (Å²) in [5.41, 5.74) is 7.09. The Balaban J connectivity index is 2.04. The minimum absolute atomic E-state index is 0.00850. The van der Waals surface area contributed by atoms with Gasteiger partial charge in [0, 0.05) is 5.69 Å². The molecule has 102 valence electrons. The first-order valence-electron chi connectivity index (χ1n) is 6.05. The van der Waals surface area contributed by atoms with Crippen molar-refractivity contribution in [2.75, 3.05) is 5.73 Å². The second kappa shape index (κ2) is 5.06. The van der Waals surface area contributed by atoms with Crippen molar-refractivity contribution in [2.24, 2.45) is 0 Å². The Morgan fingerprint density at radius 2 is 2.00 bits per heavy atom. The molecular formula is C15H9FN4O. The van der Waals surface area contributed by atoms with Gasteiger partial charge in [-0.15, -0.1) is 0 Å². The Bertz CT molecular complexity index is 873. The largest absolute Gasteiger partial charge is 0.435 e. The lowest BCUT2D eigenvalue weighted by Crippen LogP contribution is -1.95. The highest BCUT2D eigenvalue weighted by atomic mass is 19.1. The molecule has 0 atom stereocenters. The minimum atomic E-state index is -0.628. The molecule has 5 nitrogen and oxygen atoms in total. The van der Waals surface area contributed by atoms with Crippen LogP contribution in [0.4, 0.5) is 10.1 Å². The van der Waals surface area contributed by atoms with Gasteiger partial charge < -0.3 is 10.5 Å². The molecule has 0 saturated heterocycles. The molecule has 0 radical (unpaired) electrons. The van der Waals surface area contributed by atoms with E-state index in [2.05, 4.69) is 9.97 Å². The molecule has 0 saturated carbocycles. The summed E-state index contributed by atoms with van der Waals surface area (Å²) in [7, 11) is 0. The quantitative estimate of drug-likeness (QED) is 0.729. The SMILES string of the molecule is N#Cc1ccc(Oc2ncnc3cc(N)ccc23)c(F)c1. The van der Waals surface area contributed by atoms with Crippen LogP contribution in [0.1, 0.15) is 5.56 Å². The number of ether oxygens (including phenoxy) is 1. The number of benzene rings is 2. The van der Waals surface area contributed by atoms with Crippen LogP contribution in [0.5, 0.6) is 11.6 Å². The van der Waals surface area contributed by atoms with Gasteiger partial charge >= 0.3 is 0 Å². The molecule has 0 aliphatic heterocycles. The third-order valence-electron chi connectivity index (χ3n) is 2.89. The molecule has 0 bridgehead atoms. The lowest BCUT2D eigenvalue weighted by Gasteiger charge is -2.08. The van der Waals surface area contributed by atoms with E-state index in [1.165, 1.54) is 18.5 Å². The van der Waals surface area contributed by atoms with Gasteiger partial charge in [0.1, 0.15) is 6.33 Å². The maximum absolute atomic E-state index is 13.8. The first kappa shape index (κ1) is 12.8. The van der Waals surface area contributed by atoms with Gasteiger partial charge in [0.25, 0.3) is 0 Å². The number of nitrogens with two attached hydrogens (primary N) is 1. The number of hydrogen-bond donors (Lipinski definition) is 1. The van der Waals surface area contributed by atoms with E-state index in [1.807, 2.05) is 6.07 Å². The summed E-state index contributed by atoms with van der Waals surface area (Å²) in [4.78, 5) is 8.10. The molecule has 1 heterocycles. The van der Waals surface area contributed by atoms with Gasteiger partial charge in [0.2, 0.25) is 5.88 Å². The second-order valence-corrected chi connectivity index (χ2v) is 4.31. The number of anilines is 1. The Morgan fingerprint density at radius 3 is 2.76 bits per heavy atom. The molecule has 1 aromatic heterocycles. The van der Waals surface area contributed by atoms with Crippen molar-refractivity contribution in [3.05, 3.63) is 54.1 Å². The molecule has 3 rings (SSSR count). The van der Waals surface area contributed by atoms with Crippen molar-refractivity contribution in [3.63, 3.8) is 0 Å². The average molecular weight is 280 g/mol. The normalized spacial score (nSPS) is 10.3. The Kier molecular flexibility index (Phi) is 3.09. The lowest BCUT2D eigenvalue weighted by atomic mass is 10.2. The van der Waals surface area contributed by atoms with Gasteiger partial charge in [-0.2, -0.15) is 5.26 Å². The summed E-state index contributed by atoms with van der Waals surface area (Å²) >= 11 is 0. The summed E-state index contributed by atoms with van der Waals surface area (Å²) in [6.45, 7) is 0. The first-order chi connectivity index (χ1) is 10.2. The molecule has 0 aliphatic carbocycles. The summed E-state index contributed by atoms with van der Waals surface area (Å²) in [6.07, 6.45) is 1.32. The Hall–Kier alpha value is -3.20. The van der Waals surface area contributed by atoms with Crippen LogP contribution < -0.4 is 10.5 Å². The predicted octanol–water partition coefficient (Wildman–Crippen LogP) is 3.02. The van der Waals surface area contributed by atoms with Crippen LogP contribution in [-0.4, -0.2) is 9.97 Å². The maximum atomic E-state index is 13.8. The van der Waals surface area contributed by atoms with Crippen molar-refractivity contribution < 1.29 is 9.13 Å². The maximum Gasteiger partial charge on any atom is 0.230 e. The number of aromatic nitrogens is 2. The molecule has 21 heavy (non-hydrogen) atoms. The van der Waals surface area contributed by atoms with E-state index < -0.39 is 5.82 Å². The van der Waals surface area contributed by atoms with Crippen molar-refractivity contribution in [1.82, 2.24) is 9.97 Å². The number of nitrogen functional groups attached to an aromatic ring is 1. The van der Waals surface area contributed by atoms with Crippen LogP contribution >= 0.6 is 0 Å². The van der Waals surface area contributed by atoms with Gasteiger partial charge in [-0.3, -0.25) is 0 Å². The van der Waals surface area contributed by atoms with Gasteiger partial charge in [0.15, 0.2) is 11.6 Å². The Morgan fingerprint density at radius 1 is 1.14 bits per heavy atom. The fourth-order valence-corrected chi connectivity index (χ4v) is 1.89. The highest BCUT2D eigenvalue weighted by Crippen LogP contribution is 2.29. The molecule has 2 N–H and O–H groups in total. The fourth-order valence-electron chi connectivity index (χ4n) is 1.89. The molecule has 2 aromatic carbocycles. The van der Waals surface area contributed by atoms with Gasteiger partial charge in [0.05, 0.1) is 22.5 Å². The monoisotopic (exact) mass is 280 g/mol. The number of rotatable bonds is 2. The number of nitriles is 1. The third-order valence-corrected chi connectivity index (χ3v) is 2.89. The van der Waals surface area contributed by atoms with E-state index >= 15 is 0 Å². The zero-order chi connectivity index (χ0) is 14.8. The highest BCUT2D eigenvalue weighted by molar-refractivity contribution is 5.85. The van der Waals surface area contributed by atoms with Crippen LogP contribution in [0.2, 0.25) is 0 Å². The van der Waals surface area contributed by atoms with Crippen molar-refractivity contribution >= 4 is 16.6 Å². The molecular weight excluding hydrogens is 271 g/mol. The van der Waals surface area contributed by atoms with Crippen LogP contribution in [0.25, 0.3) is 10.9 Å². The van der Waals surface area contributed by atoms with E-state index in [1.54, 1.807) is 18.2 Å². The lowest BCUT2D eigenvalue weighted by molar-refractivity contribution is 0.431. The number of halogens is 1. The second-order valence-electron chi connectivity index (χ2n) is 4.31. The summed E-state index contributed by atoms with van der Waals surface area (Å²) in [6, 6.07) is 10.9. The van der Waals surface area contributed by atoms with E-state index in [9.17, 15) is 4.39 Å². The number of nitrogens with zero attached hydrogens (tertiary/aromatic N) is 3. The van der Waals surface area contributed by atoms with E-state index in [-0.39, 0.29) is 17.2 Å². The zero-order valence-electron chi connectivity index (χ0n) is 10.7. The summed E-state index contributed by atoms with van der Waals surface area (Å²) in [5.74, 6) is -0.411. The van der Waals surface area contributed by atoms with Crippen LogP contribution in [-0.2, 0) is 0 Å². The molecule has 0 unspecified atom stereocenters. The molecule has 3 aromatic rings. The molecule has 0 spiro atoms. The minimum Gasteiger partial charge on any atom is -0.435 e. The van der Waals surface area contributed by atoms with Gasteiger partial charge in [-0.25, -0.2) is 14.4 Å². The Labute approximate surface area is 119 Å². The van der Waals surface area contributed by atoms with Gasteiger partial charge in [-0.05, 0) is 36.4 Å². The van der Waals surface area contributed by atoms with Crippen LogP contribution in [0.3, 0.4) is 0 Å². The third kappa shape index (κ3) is 2.44. The molecule has 0 fully saturated rings. The first-order valence-corrected chi connectivity index (χ1v) is 6.05. The summed E-state index contributed by atoms with van der Waals surface area (Å²) in [5, 5.41) is 9.34. The molecule has 0 amide bonds. The topological polar surface area (TPSA) is 84.8 Å².